The van der Waals surface area contributed by atoms with E-state index >= 15 is 0 Å². The second-order valence-corrected chi connectivity index (χ2v) is 8.34. The molecule has 0 bridgehead atoms. The second kappa shape index (κ2) is 9.79. The number of amides is 2. The van der Waals surface area contributed by atoms with E-state index in [0.29, 0.717) is 31.1 Å². The van der Waals surface area contributed by atoms with Crippen molar-refractivity contribution in [3.63, 3.8) is 0 Å². The highest BCUT2D eigenvalue weighted by molar-refractivity contribution is 7.88. The fourth-order valence-electron chi connectivity index (χ4n) is 2.68. The standard InChI is InChI=1S/C17H26N4O5S/c1-14(22)18-15-4-3-5-16(12-15)19-17(23)13-21(27(2,24)25)7-6-20-8-10-26-11-9-20/h3-5,12H,6-11,13H2,1-2H3,(H,18,22)(H,19,23). The number of morpholine rings is 1. The smallest absolute Gasteiger partial charge is 0.239 e. The van der Waals surface area contributed by atoms with E-state index in [1.807, 2.05) is 0 Å². The van der Waals surface area contributed by atoms with Crippen LogP contribution in [0.4, 0.5) is 11.4 Å². The maximum Gasteiger partial charge on any atom is 0.239 e. The van der Waals surface area contributed by atoms with E-state index in [-0.39, 0.29) is 19.0 Å². The maximum atomic E-state index is 12.3. The molecule has 1 aromatic rings. The molecule has 0 unspecified atom stereocenters. The molecule has 9 nitrogen and oxygen atoms in total. The fraction of sp³-hybridized carbons (Fsp3) is 0.529. The van der Waals surface area contributed by atoms with Crippen molar-refractivity contribution >= 4 is 33.2 Å². The van der Waals surface area contributed by atoms with Gasteiger partial charge in [-0.05, 0) is 18.2 Å². The number of anilines is 2. The number of benzene rings is 1. The molecule has 1 aromatic carbocycles. The van der Waals surface area contributed by atoms with Crippen LogP contribution in [0.5, 0.6) is 0 Å². The van der Waals surface area contributed by atoms with Crippen LogP contribution >= 0.6 is 0 Å². The number of nitrogens with one attached hydrogen (secondary N) is 2. The summed E-state index contributed by atoms with van der Waals surface area (Å²) >= 11 is 0. The van der Waals surface area contributed by atoms with Gasteiger partial charge in [-0.25, -0.2) is 8.42 Å². The maximum absolute atomic E-state index is 12.3. The molecular weight excluding hydrogens is 372 g/mol. The summed E-state index contributed by atoms with van der Waals surface area (Å²) in [5.41, 5.74) is 1.03. The lowest BCUT2D eigenvalue weighted by molar-refractivity contribution is -0.116. The zero-order valence-corrected chi connectivity index (χ0v) is 16.4. The Balaban J connectivity index is 1.94. The van der Waals surface area contributed by atoms with Gasteiger partial charge in [0.05, 0.1) is 26.0 Å². The lowest BCUT2D eigenvalue weighted by Crippen LogP contribution is -2.45. The van der Waals surface area contributed by atoms with Gasteiger partial charge in [-0.15, -0.1) is 0 Å². The molecule has 0 aromatic heterocycles. The quantitative estimate of drug-likeness (QED) is 0.647. The normalized spacial score (nSPS) is 15.5. The van der Waals surface area contributed by atoms with E-state index in [9.17, 15) is 18.0 Å². The summed E-state index contributed by atoms with van der Waals surface area (Å²) in [5, 5.41) is 5.29. The molecule has 27 heavy (non-hydrogen) atoms. The van der Waals surface area contributed by atoms with E-state index in [1.165, 1.54) is 6.92 Å². The molecule has 0 saturated carbocycles. The largest absolute Gasteiger partial charge is 0.379 e. The number of carbonyl (C=O) groups is 2. The molecule has 2 amide bonds. The molecule has 2 N–H and O–H groups in total. The van der Waals surface area contributed by atoms with Crippen molar-refractivity contribution in [2.75, 3.05) is 62.8 Å². The number of nitrogens with zero attached hydrogens (tertiary/aromatic N) is 2. The summed E-state index contributed by atoms with van der Waals surface area (Å²) in [6.07, 6.45) is 1.09. The van der Waals surface area contributed by atoms with Crippen molar-refractivity contribution in [3.8, 4) is 0 Å². The molecule has 0 spiro atoms. The number of carbonyl (C=O) groups excluding carboxylic acids is 2. The molecule has 150 valence electrons. The second-order valence-electron chi connectivity index (χ2n) is 6.36. The van der Waals surface area contributed by atoms with Gasteiger partial charge in [0.25, 0.3) is 0 Å². The van der Waals surface area contributed by atoms with Crippen molar-refractivity contribution < 1.29 is 22.7 Å². The predicted molar refractivity (Wildman–Crippen MR) is 103 cm³/mol. The zero-order chi connectivity index (χ0) is 19.9. The number of hydrogen-bond acceptors (Lipinski definition) is 6. The first-order valence-corrected chi connectivity index (χ1v) is 10.5. The van der Waals surface area contributed by atoms with E-state index in [1.54, 1.807) is 24.3 Å². The third kappa shape index (κ3) is 7.63. The van der Waals surface area contributed by atoms with Gasteiger partial charge in [0.2, 0.25) is 21.8 Å². The molecule has 1 aliphatic heterocycles. The average Bonchev–Trinajstić information content (AvgIpc) is 2.58. The first kappa shape index (κ1) is 21.3. The average molecular weight is 398 g/mol. The summed E-state index contributed by atoms with van der Waals surface area (Å²) < 4.78 is 30.5. The summed E-state index contributed by atoms with van der Waals surface area (Å²) in [4.78, 5) is 25.5. The van der Waals surface area contributed by atoms with Crippen LogP contribution in [0.15, 0.2) is 24.3 Å². The van der Waals surface area contributed by atoms with Gasteiger partial charge in [-0.2, -0.15) is 4.31 Å². The van der Waals surface area contributed by atoms with Gasteiger partial charge in [-0.1, -0.05) is 6.07 Å². The molecule has 0 atom stereocenters. The van der Waals surface area contributed by atoms with Gasteiger partial charge in [0, 0.05) is 44.5 Å². The van der Waals surface area contributed by atoms with Crippen molar-refractivity contribution in [1.29, 1.82) is 0 Å². The summed E-state index contributed by atoms with van der Waals surface area (Å²) in [6.45, 7) is 4.66. The third-order valence-electron chi connectivity index (χ3n) is 4.03. The van der Waals surface area contributed by atoms with Crippen LogP contribution in [-0.4, -0.2) is 81.6 Å². The van der Waals surface area contributed by atoms with Crippen LogP contribution in [0.1, 0.15) is 6.92 Å². The molecule has 0 aliphatic carbocycles. The Kier molecular flexibility index (Phi) is 7.72. The van der Waals surface area contributed by atoms with Gasteiger partial charge in [-0.3, -0.25) is 14.5 Å². The molecule has 0 radical (unpaired) electrons. The monoisotopic (exact) mass is 398 g/mol. The SMILES string of the molecule is CC(=O)Nc1cccc(NC(=O)CN(CCN2CCOCC2)S(C)(=O)=O)c1. The first-order valence-electron chi connectivity index (χ1n) is 8.67. The molecule has 1 saturated heterocycles. The minimum absolute atomic E-state index is 0.218. The Morgan fingerprint density at radius 1 is 1.19 bits per heavy atom. The van der Waals surface area contributed by atoms with Crippen LogP contribution in [0, 0.1) is 0 Å². The molecule has 1 aliphatic rings. The minimum Gasteiger partial charge on any atom is -0.379 e. The van der Waals surface area contributed by atoms with Crippen LogP contribution in [-0.2, 0) is 24.3 Å². The van der Waals surface area contributed by atoms with Crippen molar-refractivity contribution in [2.24, 2.45) is 0 Å². The third-order valence-corrected chi connectivity index (χ3v) is 5.27. The molecule has 2 rings (SSSR count). The van der Waals surface area contributed by atoms with Crippen LogP contribution in [0.25, 0.3) is 0 Å². The molecular formula is C17H26N4O5S. The Bertz CT molecular complexity index is 762. The summed E-state index contributed by atoms with van der Waals surface area (Å²) in [5.74, 6) is -0.660. The number of hydrogen-bond donors (Lipinski definition) is 2. The van der Waals surface area contributed by atoms with Gasteiger partial charge >= 0.3 is 0 Å². The van der Waals surface area contributed by atoms with Crippen LogP contribution in [0.3, 0.4) is 0 Å². The lowest BCUT2D eigenvalue weighted by Gasteiger charge is -2.29. The highest BCUT2D eigenvalue weighted by atomic mass is 32.2. The first-order chi connectivity index (χ1) is 12.7. The fourth-order valence-corrected chi connectivity index (χ4v) is 3.44. The van der Waals surface area contributed by atoms with Crippen LogP contribution in [0.2, 0.25) is 0 Å². The molecule has 1 heterocycles. The number of rotatable bonds is 8. The van der Waals surface area contributed by atoms with Gasteiger partial charge in [0.15, 0.2) is 0 Å². The van der Waals surface area contributed by atoms with E-state index in [0.717, 1.165) is 23.7 Å². The van der Waals surface area contributed by atoms with E-state index in [2.05, 4.69) is 15.5 Å². The van der Waals surface area contributed by atoms with E-state index < -0.39 is 15.9 Å². The van der Waals surface area contributed by atoms with Crippen molar-refractivity contribution in [1.82, 2.24) is 9.21 Å². The van der Waals surface area contributed by atoms with Gasteiger partial charge in [0.1, 0.15) is 0 Å². The van der Waals surface area contributed by atoms with Crippen LogP contribution < -0.4 is 10.6 Å². The van der Waals surface area contributed by atoms with Crippen molar-refractivity contribution in [2.45, 2.75) is 6.92 Å². The summed E-state index contributed by atoms with van der Waals surface area (Å²) in [6, 6.07) is 6.66. The Labute approximate surface area is 159 Å². The molecule has 1 fully saturated rings. The highest BCUT2D eigenvalue weighted by Crippen LogP contribution is 2.15. The minimum atomic E-state index is -3.52. The Hall–Kier alpha value is -2.01. The lowest BCUT2D eigenvalue weighted by atomic mass is 10.2. The Morgan fingerprint density at radius 2 is 1.81 bits per heavy atom. The number of ether oxygens (including phenoxy) is 1. The van der Waals surface area contributed by atoms with Crippen molar-refractivity contribution in [3.05, 3.63) is 24.3 Å². The zero-order valence-electron chi connectivity index (χ0n) is 15.6. The molecule has 10 heteroatoms. The highest BCUT2D eigenvalue weighted by Gasteiger charge is 2.22. The van der Waals surface area contributed by atoms with Gasteiger partial charge < -0.3 is 15.4 Å². The van der Waals surface area contributed by atoms with E-state index in [4.69, 9.17) is 4.74 Å². The summed E-state index contributed by atoms with van der Waals surface area (Å²) in [7, 11) is -3.52. The predicted octanol–water partition coefficient (Wildman–Crippen LogP) is 0.177. The Morgan fingerprint density at radius 3 is 2.41 bits per heavy atom. The number of sulfonamides is 1. The topological polar surface area (TPSA) is 108 Å².